The Balaban J connectivity index is 2.04. The lowest BCUT2D eigenvalue weighted by atomic mass is 9.78. The van der Waals surface area contributed by atoms with Crippen molar-refractivity contribution in [3.63, 3.8) is 0 Å². The van der Waals surface area contributed by atoms with Crippen LogP contribution in [0.25, 0.3) is 0 Å². The molecule has 0 amide bonds. The van der Waals surface area contributed by atoms with Gasteiger partial charge in [0.2, 0.25) is 5.43 Å². The Labute approximate surface area is 144 Å². The van der Waals surface area contributed by atoms with Crippen LogP contribution in [-0.2, 0) is 12.0 Å². The summed E-state index contributed by atoms with van der Waals surface area (Å²) < 4.78 is 1.60. The van der Waals surface area contributed by atoms with Gasteiger partial charge < -0.3 is 14.8 Å². The predicted octanol–water partition coefficient (Wildman–Crippen LogP) is 3.42. The zero-order valence-electron chi connectivity index (χ0n) is 13.0. The fourth-order valence-corrected chi connectivity index (χ4v) is 3.81. The standard InChI is InChI=1S/C18H18ClNO4/c19-13-5-3-4-12(8-13)18(6-1-2-7-18)11-20-9-14(17(23)24)16(22)15(21)10-20/h3-5,8-10,21H,1-2,6-7,11H2,(H,23,24). The summed E-state index contributed by atoms with van der Waals surface area (Å²) in [5, 5.41) is 19.6. The third-order valence-electron chi connectivity index (χ3n) is 4.77. The maximum atomic E-state index is 11.7. The summed E-state index contributed by atoms with van der Waals surface area (Å²) in [5.41, 5.74) is -0.360. The van der Waals surface area contributed by atoms with Crippen molar-refractivity contribution < 1.29 is 15.0 Å². The Morgan fingerprint density at radius 3 is 2.58 bits per heavy atom. The number of hydrogen-bond donors (Lipinski definition) is 2. The fraction of sp³-hybridized carbons (Fsp3) is 0.333. The quantitative estimate of drug-likeness (QED) is 0.888. The zero-order valence-corrected chi connectivity index (χ0v) is 13.8. The van der Waals surface area contributed by atoms with E-state index in [9.17, 15) is 14.7 Å². The number of hydrogen-bond acceptors (Lipinski definition) is 3. The first-order valence-corrected chi connectivity index (χ1v) is 8.21. The molecule has 1 fully saturated rings. The first-order valence-electron chi connectivity index (χ1n) is 7.84. The molecule has 2 aromatic rings. The normalized spacial score (nSPS) is 16.2. The number of aromatic nitrogens is 1. The molecule has 3 rings (SSSR count). The molecular formula is C18H18ClNO4. The zero-order chi connectivity index (χ0) is 17.3. The summed E-state index contributed by atoms with van der Waals surface area (Å²) in [5.74, 6) is -1.89. The van der Waals surface area contributed by atoms with Gasteiger partial charge >= 0.3 is 5.97 Å². The first-order chi connectivity index (χ1) is 11.4. The van der Waals surface area contributed by atoms with E-state index in [-0.39, 0.29) is 5.41 Å². The van der Waals surface area contributed by atoms with Crippen LogP contribution in [0.15, 0.2) is 41.5 Å². The number of aromatic carboxylic acids is 1. The third kappa shape index (κ3) is 3.04. The molecule has 0 saturated heterocycles. The van der Waals surface area contributed by atoms with Crippen molar-refractivity contribution in [2.45, 2.75) is 37.6 Å². The van der Waals surface area contributed by atoms with Gasteiger partial charge in [0.05, 0.1) is 0 Å². The van der Waals surface area contributed by atoms with Gasteiger partial charge in [-0.15, -0.1) is 0 Å². The van der Waals surface area contributed by atoms with Gasteiger partial charge in [0.1, 0.15) is 5.56 Å². The van der Waals surface area contributed by atoms with E-state index >= 15 is 0 Å². The lowest BCUT2D eigenvalue weighted by Gasteiger charge is -2.31. The average Bonchev–Trinajstić information content (AvgIpc) is 3.00. The van der Waals surface area contributed by atoms with Crippen LogP contribution in [-0.4, -0.2) is 20.7 Å². The Morgan fingerprint density at radius 1 is 1.25 bits per heavy atom. The maximum Gasteiger partial charge on any atom is 0.341 e. The summed E-state index contributed by atoms with van der Waals surface area (Å²) in [7, 11) is 0. The fourth-order valence-electron chi connectivity index (χ4n) is 3.62. The van der Waals surface area contributed by atoms with Gasteiger partial charge in [0, 0.05) is 29.4 Å². The van der Waals surface area contributed by atoms with Gasteiger partial charge in [-0.3, -0.25) is 4.79 Å². The van der Waals surface area contributed by atoms with Crippen LogP contribution in [0.1, 0.15) is 41.6 Å². The van der Waals surface area contributed by atoms with Crippen LogP contribution in [0.5, 0.6) is 5.75 Å². The summed E-state index contributed by atoms with van der Waals surface area (Å²) in [4.78, 5) is 22.9. The molecule has 6 heteroatoms. The van der Waals surface area contributed by atoms with Crippen LogP contribution in [0.3, 0.4) is 0 Å². The van der Waals surface area contributed by atoms with Gasteiger partial charge in [-0.05, 0) is 30.5 Å². The molecule has 1 aromatic heterocycles. The largest absolute Gasteiger partial charge is 0.503 e. The molecule has 1 saturated carbocycles. The molecule has 0 atom stereocenters. The monoisotopic (exact) mass is 347 g/mol. The van der Waals surface area contributed by atoms with Crippen molar-refractivity contribution >= 4 is 17.6 Å². The summed E-state index contributed by atoms with van der Waals surface area (Å²) >= 11 is 6.14. The van der Waals surface area contributed by atoms with Crippen LogP contribution >= 0.6 is 11.6 Å². The highest BCUT2D eigenvalue weighted by Gasteiger charge is 2.36. The summed E-state index contributed by atoms with van der Waals surface area (Å²) in [6.07, 6.45) is 6.65. The lowest BCUT2D eigenvalue weighted by Crippen LogP contribution is -2.29. The molecule has 126 valence electrons. The van der Waals surface area contributed by atoms with Crippen LogP contribution in [0.2, 0.25) is 5.02 Å². The van der Waals surface area contributed by atoms with Crippen molar-refractivity contribution in [3.8, 4) is 5.75 Å². The second kappa shape index (κ2) is 6.32. The maximum absolute atomic E-state index is 11.7. The molecule has 1 aromatic carbocycles. The number of nitrogens with zero attached hydrogens (tertiary/aromatic N) is 1. The Kier molecular flexibility index (Phi) is 4.37. The molecule has 0 unspecified atom stereocenters. The van der Waals surface area contributed by atoms with E-state index in [1.807, 2.05) is 24.3 Å². The third-order valence-corrected chi connectivity index (χ3v) is 5.01. The second-order valence-electron chi connectivity index (χ2n) is 6.36. The number of aromatic hydroxyl groups is 1. The molecule has 0 bridgehead atoms. The number of carboxylic acids is 1. The van der Waals surface area contributed by atoms with Gasteiger partial charge in [0.25, 0.3) is 0 Å². The van der Waals surface area contributed by atoms with Crippen molar-refractivity contribution in [1.82, 2.24) is 4.57 Å². The second-order valence-corrected chi connectivity index (χ2v) is 6.80. The minimum Gasteiger partial charge on any atom is -0.503 e. The van der Waals surface area contributed by atoms with E-state index in [0.29, 0.717) is 11.6 Å². The molecule has 0 aliphatic heterocycles. The van der Waals surface area contributed by atoms with E-state index in [1.54, 1.807) is 4.57 Å². The first kappa shape index (κ1) is 16.6. The predicted molar refractivity (Wildman–Crippen MR) is 90.9 cm³/mol. The Hall–Kier alpha value is -2.27. The summed E-state index contributed by atoms with van der Waals surface area (Å²) in [6.45, 7) is 0.488. The Morgan fingerprint density at radius 2 is 1.96 bits per heavy atom. The number of benzene rings is 1. The lowest BCUT2D eigenvalue weighted by molar-refractivity contribution is 0.0693. The highest BCUT2D eigenvalue weighted by molar-refractivity contribution is 6.30. The average molecular weight is 348 g/mol. The van der Waals surface area contributed by atoms with Crippen LogP contribution in [0.4, 0.5) is 0 Å². The topological polar surface area (TPSA) is 79.5 Å². The summed E-state index contributed by atoms with van der Waals surface area (Å²) in [6, 6.07) is 7.69. The van der Waals surface area contributed by atoms with Crippen molar-refractivity contribution in [2.24, 2.45) is 0 Å². The van der Waals surface area contributed by atoms with E-state index < -0.39 is 22.7 Å². The van der Waals surface area contributed by atoms with E-state index in [4.69, 9.17) is 16.7 Å². The van der Waals surface area contributed by atoms with Crippen LogP contribution < -0.4 is 5.43 Å². The van der Waals surface area contributed by atoms with Crippen LogP contribution in [0, 0.1) is 0 Å². The van der Waals surface area contributed by atoms with E-state index in [0.717, 1.165) is 31.2 Å². The number of rotatable bonds is 4. The molecule has 0 spiro atoms. The number of pyridine rings is 1. The van der Waals surface area contributed by atoms with Gasteiger partial charge in [-0.2, -0.15) is 0 Å². The molecular weight excluding hydrogens is 330 g/mol. The number of halogens is 1. The van der Waals surface area contributed by atoms with Gasteiger partial charge in [0.15, 0.2) is 5.75 Å². The SMILES string of the molecule is O=C(O)c1cn(CC2(c3cccc(Cl)c3)CCCC2)cc(O)c1=O. The van der Waals surface area contributed by atoms with Gasteiger partial charge in [-0.25, -0.2) is 4.79 Å². The van der Waals surface area contributed by atoms with Crippen molar-refractivity contribution in [1.29, 1.82) is 0 Å². The molecule has 24 heavy (non-hydrogen) atoms. The minimum absolute atomic E-state index is 0.178. The smallest absolute Gasteiger partial charge is 0.341 e. The van der Waals surface area contributed by atoms with Crippen molar-refractivity contribution in [2.75, 3.05) is 0 Å². The molecule has 1 aliphatic carbocycles. The molecule has 1 heterocycles. The van der Waals surface area contributed by atoms with Crippen molar-refractivity contribution in [3.05, 3.63) is 63.0 Å². The molecule has 1 aliphatic rings. The molecule has 2 N–H and O–H groups in total. The molecule has 5 nitrogen and oxygen atoms in total. The molecule has 0 radical (unpaired) electrons. The van der Waals surface area contributed by atoms with E-state index in [1.165, 1.54) is 12.4 Å². The van der Waals surface area contributed by atoms with Gasteiger partial charge in [-0.1, -0.05) is 36.6 Å². The number of carbonyl (C=O) groups is 1. The Bertz CT molecular complexity index is 837. The highest BCUT2D eigenvalue weighted by atomic mass is 35.5. The highest BCUT2D eigenvalue weighted by Crippen LogP contribution is 2.43. The minimum atomic E-state index is -1.34. The number of carboxylic acid groups (broad SMARTS) is 1. The van der Waals surface area contributed by atoms with E-state index in [2.05, 4.69) is 0 Å².